The van der Waals surface area contributed by atoms with Crippen LogP contribution in [0.5, 0.6) is 0 Å². The second kappa shape index (κ2) is 12.0. The summed E-state index contributed by atoms with van der Waals surface area (Å²) in [6.07, 6.45) is 13.7. The van der Waals surface area contributed by atoms with Crippen LogP contribution in [-0.2, 0) is 0 Å². The van der Waals surface area contributed by atoms with Crippen LogP contribution in [0.15, 0.2) is 0 Å². The molecule has 0 heterocycles. The lowest BCUT2D eigenvalue weighted by Gasteiger charge is -2.48. The maximum atomic E-state index is 9.70. The van der Waals surface area contributed by atoms with E-state index in [1.54, 1.807) is 0 Å². The fourth-order valence-electron chi connectivity index (χ4n) is 4.06. The van der Waals surface area contributed by atoms with Crippen LogP contribution in [0.2, 0.25) is 0 Å². The van der Waals surface area contributed by atoms with E-state index in [4.69, 9.17) is 0 Å². The van der Waals surface area contributed by atoms with Gasteiger partial charge in [-0.1, -0.05) is 85.0 Å². The first-order valence-corrected chi connectivity index (χ1v) is 11.0. The molecule has 2 N–H and O–H groups in total. The van der Waals surface area contributed by atoms with Gasteiger partial charge in [-0.25, -0.2) is 0 Å². The second-order valence-electron chi connectivity index (χ2n) is 9.11. The maximum Gasteiger partial charge on any atom is 0.225 e. The van der Waals surface area contributed by atoms with Gasteiger partial charge in [0.15, 0.2) is 0 Å². The summed E-state index contributed by atoms with van der Waals surface area (Å²) in [5.41, 5.74) is -0.165. The van der Waals surface area contributed by atoms with Crippen molar-refractivity contribution in [2.45, 2.75) is 125 Å². The van der Waals surface area contributed by atoms with Crippen molar-refractivity contribution in [1.82, 2.24) is 0 Å². The molecule has 2 nitrogen and oxygen atoms in total. The predicted molar refractivity (Wildman–Crippen MR) is 114 cm³/mol. The Labute approximate surface area is 164 Å². The van der Waals surface area contributed by atoms with Crippen molar-refractivity contribution in [3.8, 4) is 11.8 Å². The van der Waals surface area contributed by atoms with Crippen molar-refractivity contribution < 1.29 is 10.2 Å². The zero-order valence-electron chi connectivity index (χ0n) is 18.7. The molecule has 2 unspecified atom stereocenters. The molecule has 154 valence electrons. The van der Waals surface area contributed by atoms with E-state index in [0.29, 0.717) is 5.92 Å². The van der Waals surface area contributed by atoms with E-state index in [0.717, 1.165) is 6.42 Å². The summed E-state index contributed by atoms with van der Waals surface area (Å²) in [5, 5.41) is 19.4. The van der Waals surface area contributed by atoms with Gasteiger partial charge in [-0.2, -0.15) is 0 Å². The Morgan fingerprint density at radius 2 is 1.19 bits per heavy atom. The largest absolute Gasteiger partial charge is 0.356 e. The average Bonchev–Trinajstić information content (AvgIpc) is 2.55. The molecule has 0 radical (unpaired) electrons. The number of hydrogen-bond donors (Lipinski definition) is 2. The van der Waals surface area contributed by atoms with Crippen LogP contribution in [0.25, 0.3) is 0 Å². The van der Waals surface area contributed by atoms with E-state index in [2.05, 4.69) is 53.4 Å². The molecular formula is C24H46O2. The lowest BCUT2D eigenvalue weighted by atomic mass is 9.56. The highest BCUT2D eigenvalue weighted by molar-refractivity contribution is 5.18. The first-order valence-electron chi connectivity index (χ1n) is 11.0. The number of unbranched alkanes of at least 4 members (excludes halogenated alkanes) is 5. The zero-order valence-corrected chi connectivity index (χ0v) is 18.7. The molecule has 0 aliphatic carbocycles. The van der Waals surface area contributed by atoms with Crippen LogP contribution >= 0.6 is 0 Å². The molecule has 0 spiro atoms. The van der Waals surface area contributed by atoms with Crippen LogP contribution in [0.1, 0.15) is 119 Å². The Balaban J connectivity index is 5.69. The molecule has 0 aliphatic rings. The third-order valence-corrected chi connectivity index (χ3v) is 6.30. The van der Waals surface area contributed by atoms with Gasteiger partial charge in [-0.15, -0.1) is 0 Å². The first-order chi connectivity index (χ1) is 12.0. The highest BCUT2D eigenvalue weighted by Gasteiger charge is 2.44. The van der Waals surface area contributed by atoms with E-state index < -0.39 is 5.79 Å². The minimum atomic E-state index is -1.91. The van der Waals surface area contributed by atoms with E-state index >= 15 is 0 Å². The van der Waals surface area contributed by atoms with Crippen molar-refractivity contribution in [3.05, 3.63) is 0 Å². The lowest BCUT2D eigenvalue weighted by molar-refractivity contribution is -0.0921. The van der Waals surface area contributed by atoms with E-state index in [1.165, 1.54) is 71.1 Å². The molecule has 0 saturated carbocycles. The minimum Gasteiger partial charge on any atom is -0.356 e. The molecule has 0 amide bonds. The van der Waals surface area contributed by atoms with Crippen molar-refractivity contribution in [2.24, 2.45) is 16.7 Å². The lowest BCUT2D eigenvalue weighted by Crippen LogP contribution is -2.41. The molecule has 0 aromatic heterocycles. The topological polar surface area (TPSA) is 40.5 Å². The highest BCUT2D eigenvalue weighted by atomic mass is 16.5. The third-order valence-electron chi connectivity index (χ3n) is 6.30. The fraction of sp³-hybridized carbons (Fsp3) is 0.917. The van der Waals surface area contributed by atoms with Gasteiger partial charge in [0.25, 0.3) is 0 Å². The summed E-state index contributed by atoms with van der Waals surface area (Å²) >= 11 is 0. The van der Waals surface area contributed by atoms with E-state index in [1.807, 2.05) is 0 Å². The summed E-state index contributed by atoms with van der Waals surface area (Å²) in [7, 11) is 0. The first kappa shape index (κ1) is 25.5. The monoisotopic (exact) mass is 366 g/mol. The quantitative estimate of drug-likeness (QED) is 0.216. The van der Waals surface area contributed by atoms with Crippen molar-refractivity contribution in [1.29, 1.82) is 0 Å². The standard InChI is InChI=1S/C24H46O2/c1-8-11-14-17-21(16-13-10-3)23(6,18-15-12-9-2)22(4,5)19-20-24(7,25)26/h21,25-26H,8-18H2,1-7H3. The molecule has 0 aromatic carbocycles. The number of rotatable bonds is 13. The molecule has 0 saturated heterocycles. The smallest absolute Gasteiger partial charge is 0.225 e. The molecule has 2 heteroatoms. The van der Waals surface area contributed by atoms with Crippen LogP contribution in [0, 0.1) is 28.6 Å². The van der Waals surface area contributed by atoms with Crippen LogP contribution in [-0.4, -0.2) is 16.0 Å². The summed E-state index contributed by atoms with van der Waals surface area (Å²) in [4.78, 5) is 0. The van der Waals surface area contributed by atoms with Crippen molar-refractivity contribution >= 4 is 0 Å². The molecule has 0 aliphatic heterocycles. The minimum absolute atomic E-state index is 0.0866. The van der Waals surface area contributed by atoms with Gasteiger partial charge < -0.3 is 10.2 Å². The molecular weight excluding hydrogens is 320 g/mol. The second-order valence-corrected chi connectivity index (χ2v) is 9.11. The Bertz CT molecular complexity index is 422. The predicted octanol–water partition coefficient (Wildman–Crippen LogP) is 6.69. The summed E-state index contributed by atoms with van der Waals surface area (Å²) in [6.45, 7) is 15.0. The average molecular weight is 367 g/mol. The van der Waals surface area contributed by atoms with E-state index in [-0.39, 0.29) is 10.8 Å². The van der Waals surface area contributed by atoms with Gasteiger partial charge >= 0.3 is 0 Å². The normalized spacial score (nSPS) is 15.9. The van der Waals surface area contributed by atoms with Crippen molar-refractivity contribution in [3.63, 3.8) is 0 Å². The van der Waals surface area contributed by atoms with Gasteiger partial charge in [0.05, 0.1) is 0 Å². The van der Waals surface area contributed by atoms with Gasteiger partial charge in [0.2, 0.25) is 5.79 Å². The Morgan fingerprint density at radius 3 is 1.69 bits per heavy atom. The number of hydrogen-bond acceptors (Lipinski definition) is 2. The van der Waals surface area contributed by atoms with Gasteiger partial charge in [-0.3, -0.25) is 0 Å². The molecule has 0 bridgehead atoms. The fourth-order valence-corrected chi connectivity index (χ4v) is 4.06. The van der Waals surface area contributed by atoms with Crippen LogP contribution < -0.4 is 0 Å². The van der Waals surface area contributed by atoms with Crippen LogP contribution in [0.3, 0.4) is 0 Å². The molecule has 0 aromatic rings. The highest BCUT2D eigenvalue weighted by Crippen LogP contribution is 2.51. The molecule has 0 rings (SSSR count). The summed E-state index contributed by atoms with van der Waals surface area (Å²) in [5.74, 6) is 4.69. The maximum absolute atomic E-state index is 9.70. The zero-order chi connectivity index (χ0) is 20.3. The SMILES string of the molecule is CCCCCC(CCCC)C(C)(CCCCC)C(C)(C)C#CC(C)(O)O. The Morgan fingerprint density at radius 1 is 0.692 bits per heavy atom. The molecule has 26 heavy (non-hydrogen) atoms. The molecule has 2 atom stereocenters. The third kappa shape index (κ3) is 8.92. The summed E-state index contributed by atoms with van der Waals surface area (Å²) < 4.78 is 0. The van der Waals surface area contributed by atoms with E-state index in [9.17, 15) is 10.2 Å². The Hall–Kier alpha value is -0.520. The number of aliphatic hydroxyl groups is 2. The van der Waals surface area contributed by atoms with Gasteiger partial charge in [-0.05, 0) is 50.4 Å². The van der Waals surface area contributed by atoms with Gasteiger partial charge in [0, 0.05) is 12.3 Å². The summed E-state index contributed by atoms with van der Waals surface area (Å²) in [6, 6.07) is 0. The Kier molecular flexibility index (Phi) is 11.8. The van der Waals surface area contributed by atoms with Crippen molar-refractivity contribution in [2.75, 3.05) is 0 Å². The molecule has 0 fully saturated rings. The van der Waals surface area contributed by atoms with Gasteiger partial charge in [0.1, 0.15) is 0 Å². The van der Waals surface area contributed by atoms with Crippen LogP contribution in [0.4, 0.5) is 0 Å².